The van der Waals surface area contributed by atoms with Crippen LogP contribution in [0, 0.1) is 5.92 Å². The third-order valence-corrected chi connectivity index (χ3v) is 3.61. The molecule has 0 bridgehead atoms. The molecule has 0 saturated carbocycles. The van der Waals surface area contributed by atoms with Crippen LogP contribution in [0.3, 0.4) is 0 Å². The van der Waals surface area contributed by atoms with Gasteiger partial charge in [0.25, 0.3) is 0 Å². The van der Waals surface area contributed by atoms with Gasteiger partial charge in [-0.1, -0.05) is 0 Å². The van der Waals surface area contributed by atoms with E-state index in [0.717, 1.165) is 38.2 Å². The third kappa shape index (κ3) is 3.44. The van der Waals surface area contributed by atoms with E-state index in [4.69, 9.17) is 0 Å². The first-order valence-corrected chi connectivity index (χ1v) is 6.65. The lowest BCUT2D eigenvalue weighted by Gasteiger charge is -2.35. The summed E-state index contributed by atoms with van der Waals surface area (Å²) in [7, 11) is 4.19. The molecule has 1 aromatic heterocycles. The Labute approximate surface area is 113 Å². The Morgan fingerprint density at radius 2 is 2.16 bits per heavy atom. The highest BCUT2D eigenvalue weighted by Crippen LogP contribution is 2.25. The number of pyridine rings is 1. The fourth-order valence-electron chi connectivity index (χ4n) is 2.69. The van der Waals surface area contributed by atoms with E-state index in [2.05, 4.69) is 28.9 Å². The summed E-state index contributed by atoms with van der Waals surface area (Å²) in [6.07, 6.45) is 5.40. The molecule has 1 aliphatic heterocycles. The summed E-state index contributed by atoms with van der Waals surface area (Å²) in [5.74, 6) is -0.177. The number of piperidine rings is 1. The topological polar surface area (TPSA) is 56.7 Å². The number of aromatic carboxylic acids is 1. The number of hydrogen-bond acceptors (Lipinski definition) is 4. The lowest BCUT2D eigenvalue weighted by atomic mass is 9.96. The smallest absolute Gasteiger partial charge is 0.337 e. The Hall–Kier alpha value is -1.62. The molecule has 2 rings (SSSR count). The summed E-state index contributed by atoms with van der Waals surface area (Å²) < 4.78 is 0. The van der Waals surface area contributed by atoms with Gasteiger partial charge in [-0.2, -0.15) is 0 Å². The van der Waals surface area contributed by atoms with E-state index in [0.29, 0.717) is 11.5 Å². The average Bonchev–Trinajstić information content (AvgIpc) is 2.39. The van der Waals surface area contributed by atoms with Crippen LogP contribution in [0.15, 0.2) is 18.5 Å². The normalized spacial score (nSPS) is 16.9. The van der Waals surface area contributed by atoms with E-state index < -0.39 is 5.97 Å². The van der Waals surface area contributed by atoms with E-state index >= 15 is 0 Å². The molecule has 1 aromatic rings. The fourth-order valence-corrected chi connectivity index (χ4v) is 2.69. The van der Waals surface area contributed by atoms with Crippen molar-refractivity contribution in [2.24, 2.45) is 5.92 Å². The second-order valence-corrected chi connectivity index (χ2v) is 5.39. The van der Waals surface area contributed by atoms with Crippen molar-refractivity contribution in [1.82, 2.24) is 9.88 Å². The molecule has 1 fully saturated rings. The lowest BCUT2D eigenvalue weighted by Crippen LogP contribution is -2.37. The Bertz CT molecular complexity index is 440. The Morgan fingerprint density at radius 3 is 2.74 bits per heavy atom. The summed E-state index contributed by atoms with van der Waals surface area (Å²) in [4.78, 5) is 19.6. The van der Waals surface area contributed by atoms with Gasteiger partial charge in [-0.3, -0.25) is 4.98 Å². The molecule has 104 valence electrons. The largest absolute Gasteiger partial charge is 0.478 e. The lowest BCUT2D eigenvalue weighted by molar-refractivity contribution is 0.0697. The van der Waals surface area contributed by atoms with Crippen LogP contribution in [0.4, 0.5) is 5.69 Å². The predicted molar refractivity (Wildman–Crippen MR) is 74.7 cm³/mol. The second-order valence-electron chi connectivity index (χ2n) is 5.39. The van der Waals surface area contributed by atoms with Crippen LogP contribution < -0.4 is 4.90 Å². The quantitative estimate of drug-likeness (QED) is 0.893. The molecule has 1 N–H and O–H groups in total. The van der Waals surface area contributed by atoms with Crippen molar-refractivity contribution in [3.8, 4) is 0 Å². The molecule has 0 unspecified atom stereocenters. The predicted octanol–water partition coefficient (Wildman–Crippen LogP) is 1.56. The Morgan fingerprint density at radius 1 is 1.47 bits per heavy atom. The molecule has 0 atom stereocenters. The summed E-state index contributed by atoms with van der Waals surface area (Å²) in [5.41, 5.74) is 1.10. The van der Waals surface area contributed by atoms with Crippen molar-refractivity contribution in [2.45, 2.75) is 12.8 Å². The number of hydrogen-bond donors (Lipinski definition) is 1. The monoisotopic (exact) mass is 263 g/mol. The summed E-state index contributed by atoms with van der Waals surface area (Å²) in [6.45, 7) is 2.92. The maximum atomic E-state index is 11.2. The molecule has 0 aromatic carbocycles. The number of rotatable bonds is 4. The highest BCUT2D eigenvalue weighted by molar-refractivity contribution is 5.94. The number of carboxylic acid groups (broad SMARTS) is 1. The van der Waals surface area contributed by atoms with Gasteiger partial charge >= 0.3 is 5.97 Å². The molecule has 2 heterocycles. The Balaban J connectivity index is 2.04. The zero-order valence-electron chi connectivity index (χ0n) is 11.5. The molecule has 1 saturated heterocycles. The maximum absolute atomic E-state index is 11.2. The van der Waals surface area contributed by atoms with Gasteiger partial charge in [0.1, 0.15) is 0 Å². The molecule has 0 aliphatic carbocycles. The van der Waals surface area contributed by atoms with E-state index in [9.17, 15) is 9.90 Å². The van der Waals surface area contributed by atoms with Crippen LogP contribution in [0.2, 0.25) is 0 Å². The molecular formula is C14H21N3O2. The van der Waals surface area contributed by atoms with Crippen molar-refractivity contribution in [3.63, 3.8) is 0 Å². The number of aromatic nitrogens is 1. The van der Waals surface area contributed by atoms with Crippen LogP contribution in [0.25, 0.3) is 0 Å². The van der Waals surface area contributed by atoms with Gasteiger partial charge in [-0.15, -0.1) is 0 Å². The van der Waals surface area contributed by atoms with Gasteiger partial charge in [0.05, 0.1) is 17.4 Å². The zero-order chi connectivity index (χ0) is 13.8. The van der Waals surface area contributed by atoms with Gasteiger partial charge in [-0.05, 0) is 38.9 Å². The van der Waals surface area contributed by atoms with Crippen LogP contribution >= 0.6 is 0 Å². The molecule has 0 spiro atoms. The highest BCUT2D eigenvalue weighted by Gasteiger charge is 2.23. The summed E-state index contributed by atoms with van der Waals surface area (Å²) in [6, 6.07) is 1.57. The molecule has 5 heteroatoms. The average molecular weight is 263 g/mol. The van der Waals surface area contributed by atoms with Crippen molar-refractivity contribution in [3.05, 3.63) is 24.0 Å². The van der Waals surface area contributed by atoms with Gasteiger partial charge in [0.15, 0.2) is 0 Å². The SMILES string of the molecule is CN(C)CC1CCN(c2cnccc2C(=O)O)CC1. The molecule has 0 radical (unpaired) electrons. The molecule has 1 aliphatic rings. The van der Waals surface area contributed by atoms with Crippen LogP contribution in [0.1, 0.15) is 23.2 Å². The van der Waals surface area contributed by atoms with Gasteiger partial charge < -0.3 is 14.9 Å². The molecule has 5 nitrogen and oxygen atoms in total. The maximum Gasteiger partial charge on any atom is 0.337 e. The van der Waals surface area contributed by atoms with Crippen LogP contribution in [0.5, 0.6) is 0 Å². The Kier molecular flexibility index (Phi) is 4.37. The minimum Gasteiger partial charge on any atom is -0.478 e. The molecule has 0 amide bonds. The summed E-state index contributed by atoms with van der Waals surface area (Å²) in [5, 5.41) is 9.21. The molecular weight excluding hydrogens is 242 g/mol. The van der Waals surface area contributed by atoms with E-state index in [1.165, 1.54) is 6.20 Å². The zero-order valence-corrected chi connectivity index (χ0v) is 11.5. The van der Waals surface area contributed by atoms with Gasteiger partial charge in [0.2, 0.25) is 0 Å². The number of carbonyl (C=O) groups is 1. The van der Waals surface area contributed by atoms with Crippen LogP contribution in [-0.2, 0) is 0 Å². The first-order chi connectivity index (χ1) is 9.08. The van der Waals surface area contributed by atoms with Crippen molar-refractivity contribution in [1.29, 1.82) is 0 Å². The van der Waals surface area contributed by atoms with Gasteiger partial charge in [0, 0.05) is 25.8 Å². The standard InChI is InChI=1S/C14H21N3O2/c1-16(2)10-11-4-7-17(8-5-11)13-9-15-6-3-12(13)14(18)19/h3,6,9,11H,4-5,7-8,10H2,1-2H3,(H,18,19). The van der Waals surface area contributed by atoms with E-state index in [1.54, 1.807) is 12.3 Å². The number of carboxylic acids is 1. The first kappa shape index (κ1) is 13.8. The fraction of sp³-hybridized carbons (Fsp3) is 0.571. The third-order valence-electron chi connectivity index (χ3n) is 3.61. The van der Waals surface area contributed by atoms with E-state index in [1.807, 2.05) is 0 Å². The highest BCUT2D eigenvalue weighted by atomic mass is 16.4. The number of nitrogens with zero attached hydrogens (tertiary/aromatic N) is 3. The van der Waals surface area contributed by atoms with Crippen molar-refractivity contribution >= 4 is 11.7 Å². The van der Waals surface area contributed by atoms with Crippen molar-refractivity contribution < 1.29 is 9.90 Å². The van der Waals surface area contributed by atoms with Crippen LogP contribution in [-0.4, -0.2) is 54.7 Å². The second kappa shape index (κ2) is 6.02. The summed E-state index contributed by atoms with van der Waals surface area (Å²) >= 11 is 0. The number of anilines is 1. The van der Waals surface area contributed by atoms with Gasteiger partial charge in [-0.25, -0.2) is 4.79 Å². The molecule has 19 heavy (non-hydrogen) atoms. The van der Waals surface area contributed by atoms with E-state index in [-0.39, 0.29) is 0 Å². The minimum atomic E-state index is -0.882. The van der Waals surface area contributed by atoms with Crippen molar-refractivity contribution in [2.75, 3.05) is 38.6 Å². The minimum absolute atomic E-state index is 0.348. The first-order valence-electron chi connectivity index (χ1n) is 6.65.